The molecule has 0 saturated carbocycles. The average Bonchev–Trinajstić information content (AvgIpc) is 2.17. The van der Waals surface area contributed by atoms with Crippen LogP contribution in [0, 0.1) is 5.82 Å². The summed E-state index contributed by atoms with van der Waals surface area (Å²) in [7, 11) is 1.23. The molecule has 0 aromatic heterocycles. The fourth-order valence-electron chi connectivity index (χ4n) is 0.792. The van der Waals surface area contributed by atoms with Gasteiger partial charge in [-0.15, -0.1) is 0 Å². The molecule has 0 aliphatic carbocycles. The van der Waals surface area contributed by atoms with Crippen LogP contribution in [0.5, 0.6) is 0 Å². The van der Waals surface area contributed by atoms with E-state index in [0.717, 1.165) is 0 Å². The Morgan fingerprint density at radius 3 is 3.07 bits per heavy atom. The molecule has 0 fully saturated rings. The molecule has 0 bridgehead atoms. The van der Waals surface area contributed by atoms with Crippen molar-refractivity contribution in [3.63, 3.8) is 0 Å². The summed E-state index contributed by atoms with van der Waals surface area (Å²) in [6, 6.07) is 5.83. The Morgan fingerprint density at radius 2 is 2.43 bits per heavy atom. The Balaban J connectivity index is 2.56. The van der Waals surface area contributed by atoms with E-state index in [1.54, 1.807) is 12.1 Å². The Labute approximate surface area is 80.4 Å². The van der Waals surface area contributed by atoms with Crippen molar-refractivity contribution in [3.8, 4) is 0 Å². The molecule has 1 rings (SSSR count). The fourth-order valence-corrected chi connectivity index (χ4v) is 0.792. The molecule has 5 heteroatoms. The number of benzene rings is 1. The predicted octanol–water partition coefficient (Wildman–Crippen LogP) is 1.52. The summed E-state index contributed by atoms with van der Waals surface area (Å²) < 4.78 is 16.9. The number of hydrazone groups is 1. The van der Waals surface area contributed by atoms with Gasteiger partial charge < -0.3 is 4.74 Å². The fraction of sp³-hybridized carbons (Fsp3) is 0.111. The third-order valence-corrected chi connectivity index (χ3v) is 1.40. The molecule has 4 nitrogen and oxygen atoms in total. The second kappa shape index (κ2) is 4.96. The van der Waals surface area contributed by atoms with Crippen molar-refractivity contribution < 1.29 is 13.9 Å². The molecule has 0 atom stereocenters. The summed E-state index contributed by atoms with van der Waals surface area (Å²) in [5.41, 5.74) is 2.64. The van der Waals surface area contributed by atoms with Gasteiger partial charge in [-0.25, -0.2) is 14.6 Å². The van der Waals surface area contributed by atoms with Gasteiger partial charge in [0, 0.05) is 0 Å². The highest BCUT2D eigenvalue weighted by Crippen LogP contribution is 1.99. The number of carbonyl (C=O) groups excluding carboxylic acids is 1. The normalized spacial score (nSPS) is 10.1. The molecular formula is C9H9FN2O2. The van der Waals surface area contributed by atoms with Gasteiger partial charge in [0.1, 0.15) is 5.82 Å². The van der Waals surface area contributed by atoms with Crippen LogP contribution in [0.3, 0.4) is 0 Å². The molecule has 1 aromatic carbocycles. The predicted molar refractivity (Wildman–Crippen MR) is 49.5 cm³/mol. The van der Waals surface area contributed by atoms with Gasteiger partial charge in [-0.05, 0) is 17.7 Å². The number of halogens is 1. The van der Waals surface area contributed by atoms with Crippen molar-refractivity contribution >= 4 is 12.3 Å². The van der Waals surface area contributed by atoms with E-state index in [2.05, 4.69) is 15.3 Å². The summed E-state index contributed by atoms with van der Waals surface area (Å²) in [5.74, 6) is -0.355. The number of ether oxygens (including phenoxy) is 1. The first-order valence-corrected chi connectivity index (χ1v) is 3.85. The SMILES string of the molecule is COC(=O)N/N=C/c1cccc(F)c1. The van der Waals surface area contributed by atoms with Gasteiger partial charge in [-0.1, -0.05) is 12.1 Å². The second-order valence-corrected chi connectivity index (χ2v) is 2.42. The third-order valence-electron chi connectivity index (χ3n) is 1.40. The number of carbonyl (C=O) groups is 1. The number of methoxy groups -OCH3 is 1. The number of amides is 1. The van der Waals surface area contributed by atoms with Gasteiger partial charge in [0.25, 0.3) is 0 Å². The smallest absolute Gasteiger partial charge is 0.427 e. The molecule has 1 aromatic rings. The van der Waals surface area contributed by atoms with Crippen molar-refractivity contribution in [2.75, 3.05) is 7.11 Å². The van der Waals surface area contributed by atoms with Crippen LogP contribution in [0.15, 0.2) is 29.4 Å². The second-order valence-electron chi connectivity index (χ2n) is 2.42. The first kappa shape index (κ1) is 10.2. The summed E-state index contributed by atoms with van der Waals surface area (Å²) in [6.07, 6.45) is 0.651. The van der Waals surface area contributed by atoms with E-state index in [4.69, 9.17) is 0 Å². The number of hydrogen-bond acceptors (Lipinski definition) is 3. The minimum absolute atomic E-state index is 0.355. The Bertz CT molecular complexity index is 352. The first-order chi connectivity index (χ1) is 6.72. The minimum atomic E-state index is -0.669. The molecule has 74 valence electrons. The summed E-state index contributed by atoms with van der Waals surface area (Å²) in [4.78, 5) is 10.5. The molecule has 0 saturated heterocycles. The van der Waals surface area contributed by atoms with Crippen molar-refractivity contribution in [1.82, 2.24) is 5.43 Å². The summed E-state index contributed by atoms with van der Waals surface area (Å²) >= 11 is 0. The van der Waals surface area contributed by atoms with E-state index in [1.165, 1.54) is 25.5 Å². The minimum Gasteiger partial charge on any atom is -0.452 e. The number of nitrogens with zero attached hydrogens (tertiary/aromatic N) is 1. The van der Waals surface area contributed by atoms with Crippen LogP contribution in [0.2, 0.25) is 0 Å². The van der Waals surface area contributed by atoms with Gasteiger partial charge in [0.05, 0.1) is 13.3 Å². The van der Waals surface area contributed by atoms with Gasteiger partial charge in [0.2, 0.25) is 0 Å². The quantitative estimate of drug-likeness (QED) is 0.575. The van der Waals surface area contributed by atoms with E-state index in [9.17, 15) is 9.18 Å². The zero-order valence-electron chi connectivity index (χ0n) is 7.53. The lowest BCUT2D eigenvalue weighted by Gasteiger charge is -1.95. The maximum atomic E-state index is 12.6. The van der Waals surface area contributed by atoms with Crippen LogP contribution in [-0.2, 0) is 4.74 Å². The van der Waals surface area contributed by atoms with Crippen LogP contribution in [-0.4, -0.2) is 19.4 Å². The number of hydrogen-bond donors (Lipinski definition) is 1. The molecule has 1 amide bonds. The number of rotatable bonds is 2. The lowest BCUT2D eigenvalue weighted by atomic mass is 10.2. The molecule has 0 aliphatic rings. The number of nitrogens with one attached hydrogen (secondary N) is 1. The topological polar surface area (TPSA) is 50.7 Å². The van der Waals surface area contributed by atoms with E-state index in [-0.39, 0.29) is 5.82 Å². The average molecular weight is 196 g/mol. The highest BCUT2D eigenvalue weighted by Gasteiger charge is 1.93. The molecule has 1 N–H and O–H groups in total. The maximum Gasteiger partial charge on any atom is 0.427 e. The molecule has 0 radical (unpaired) electrons. The van der Waals surface area contributed by atoms with Gasteiger partial charge in [0.15, 0.2) is 0 Å². The largest absolute Gasteiger partial charge is 0.452 e. The van der Waals surface area contributed by atoms with E-state index in [0.29, 0.717) is 5.56 Å². The van der Waals surface area contributed by atoms with Crippen LogP contribution < -0.4 is 5.43 Å². The Morgan fingerprint density at radius 1 is 1.64 bits per heavy atom. The Hall–Kier alpha value is -1.91. The highest BCUT2D eigenvalue weighted by molar-refractivity contribution is 5.80. The molecule has 0 spiro atoms. The monoisotopic (exact) mass is 196 g/mol. The van der Waals surface area contributed by atoms with Gasteiger partial charge >= 0.3 is 6.09 Å². The molecular weight excluding hydrogens is 187 g/mol. The Kier molecular flexibility index (Phi) is 3.60. The zero-order chi connectivity index (χ0) is 10.4. The van der Waals surface area contributed by atoms with Crippen LogP contribution in [0.1, 0.15) is 5.56 Å². The van der Waals surface area contributed by atoms with Crippen LogP contribution >= 0.6 is 0 Å². The summed E-state index contributed by atoms with van der Waals surface area (Å²) in [5, 5.41) is 3.54. The maximum absolute atomic E-state index is 12.6. The first-order valence-electron chi connectivity index (χ1n) is 3.85. The van der Waals surface area contributed by atoms with Crippen molar-refractivity contribution in [3.05, 3.63) is 35.6 Å². The van der Waals surface area contributed by atoms with Gasteiger partial charge in [-0.2, -0.15) is 5.10 Å². The van der Waals surface area contributed by atoms with E-state index in [1.807, 2.05) is 0 Å². The molecule has 0 heterocycles. The standard InChI is InChI=1S/C9H9FN2O2/c1-14-9(13)12-11-6-7-3-2-4-8(10)5-7/h2-6H,1H3,(H,12,13)/b11-6+. The third kappa shape index (κ3) is 3.22. The van der Waals surface area contributed by atoms with Crippen molar-refractivity contribution in [2.45, 2.75) is 0 Å². The van der Waals surface area contributed by atoms with E-state index < -0.39 is 6.09 Å². The van der Waals surface area contributed by atoms with Gasteiger partial charge in [-0.3, -0.25) is 0 Å². The van der Waals surface area contributed by atoms with Crippen molar-refractivity contribution in [1.29, 1.82) is 0 Å². The van der Waals surface area contributed by atoms with Crippen molar-refractivity contribution in [2.24, 2.45) is 5.10 Å². The lowest BCUT2D eigenvalue weighted by Crippen LogP contribution is -2.16. The molecule has 14 heavy (non-hydrogen) atoms. The summed E-state index contributed by atoms with van der Waals surface area (Å²) in [6.45, 7) is 0. The molecule has 0 unspecified atom stereocenters. The lowest BCUT2D eigenvalue weighted by molar-refractivity contribution is 0.171. The van der Waals surface area contributed by atoms with Crippen LogP contribution in [0.4, 0.5) is 9.18 Å². The highest BCUT2D eigenvalue weighted by atomic mass is 19.1. The zero-order valence-corrected chi connectivity index (χ0v) is 7.53. The molecule has 0 aliphatic heterocycles. The van der Waals surface area contributed by atoms with E-state index >= 15 is 0 Å². The van der Waals surface area contributed by atoms with Crippen LogP contribution in [0.25, 0.3) is 0 Å².